The third-order valence-corrected chi connectivity index (χ3v) is 3.46. The molecule has 0 spiro atoms. The van der Waals surface area contributed by atoms with Crippen LogP contribution in [0.2, 0.25) is 0 Å². The molecule has 6 heteroatoms. The summed E-state index contributed by atoms with van der Waals surface area (Å²) in [5, 5.41) is 8.91. The second-order valence-electron chi connectivity index (χ2n) is 4.21. The van der Waals surface area contributed by atoms with E-state index in [1.54, 1.807) is 10.6 Å². The summed E-state index contributed by atoms with van der Waals surface area (Å²) in [6, 6.07) is 11.7. The van der Waals surface area contributed by atoms with Crippen LogP contribution < -0.4 is 5.73 Å². The van der Waals surface area contributed by atoms with Gasteiger partial charge in [-0.25, -0.2) is 9.37 Å². The summed E-state index contributed by atoms with van der Waals surface area (Å²) in [6.07, 6.45) is 0. The fourth-order valence-corrected chi connectivity index (χ4v) is 2.43. The predicted octanol–water partition coefficient (Wildman–Crippen LogP) is 3.38. The molecule has 0 bridgehead atoms. The van der Waals surface area contributed by atoms with E-state index in [-0.39, 0.29) is 11.5 Å². The molecular formula is C14H8BrFN4. The maximum Gasteiger partial charge on any atom is 0.205 e. The lowest BCUT2D eigenvalue weighted by Gasteiger charge is -2.07. The first-order valence-corrected chi connectivity index (χ1v) is 6.53. The van der Waals surface area contributed by atoms with E-state index in [9.17, 15) is 4.39 Å². The molecule has 20 heavy (non-hydrogen) atoms. The summed E-state index contributed by atoms with van der Waals surface area (Å²) in [5.74, 6) is -0.269. The largest absolute Gasteiger partial charge is 0.369 e. The van der Waals surface area contributed by atoms with Gasteiger partial charge in [-0.15, -0.1) is 0 Å². The fourth-order valence-electron chi connectivity index (χ4n) is 2.08. The smallest absolute Gasteiger partial charge is 0.205 e. The minimum absolute atomic E-state index is 0.0289. The van der Waals surface area contributed by atoms with Crippen molar-refractivity contribution in [3.63, 3.8) is 0 Å². The normalized spacial score (nSPS) is 10.7. The van der Waals surface area contributed by atoms with Crippen molar-refractivity contribution >= 4 is 32.9 Å². The van der Waals surface area contributed by atoms with Crippen molar-refractivity contribution in [2.75, 3.05) is 5.73 Å². The molecule has 3 rings (SSSR count). The highest BCUT2D eigenvalue weighted by Gasteiger charge is 2.12. The van der Waals surface area contributed by atoms with E-state index in [2.05, 4.69) is 20.9 Å². The third kappa shape index (κ3) is 1.92. The highest BCUT2D eigenvalue weighted by atomic mass is 79.9. The van der Waals surface area contributed by atoms with Gasteiger partial charge in [0.25, 0.3) is 0 Å². The van der Waals surface area contributed by atoms with Crippen molar-refractivity contribution < 1.29 is 4.39 Å². The highest BCUT2D eigenvalue weighted by molar-refractivity contribution is 9.10. The number of benzene rings is 2. The van der Waals surface area contributed by atoms with Crippen LogP contribution in [0, 0.1) is 17.1 Å². The number of nitrogen functional groups attached to an aromatic ring is 1. The maximum atomic E-state index is 13.4. The number of fused-ring (bicyclic) bond motifs is 1. The molecule has 0 fully saturated rings. The molecular weight excluding hydrogens is 323 g/mol. The van der Waals surface area contributed by atoms with Crippen molar-refractivity contribution in [2.45, 2.75) is 0 Å². The molecule has 3 aromatic rings. The van der Waals surface area contributed by atoms with Crippen molar-refractivity contribution in [3.8, 4) is 11.8 Å². The maximum absolute atomic E-state index is 13.4. The standard InChI is InChI=1S/C14H8BrFN4/c15-9-1-4-12-13(6-9)20(14(18)19-12)10-2-3-11(16)8(5-10)7-17/h1-6H,(H2,18,19). The van der Waals surface area contributed by atoms with E-state index in [1.807, 2.05) is 24.3 Å². The Kier molecular flexibility index (Phi) is 2.92. The van der Waals surface area contributed by atoms with Gasteiger partial charge in [-0.3, -0.25) is 4.57 Å². The Hall–Kier alpha value is -2.39. The van der Waals surface area contributed by atoms with Gasteiger partial charge >= 0.3 is 0 Å². The summed E-state index contributed by atoms with van der Waals surface area (Å²) >= 11 is 3.39. The van der Waals surface area contributed by atoms with Gasteiger partial charge in [0, 0.05) is 4.47 Å². The molecule has 0 radical (unpaired) electrons. The molecule has 1 heterocycles. The van der Waals surface area contributed by atoms with Gasteiger partial charge in [0.2, 0.25) is 5.95 Å². The van der Waals surface area contributed by atoms with Crippen LogP contribution in [0.5, 0.6) is 0 Å². The molecule has 1 aromatic heterocycles. The summed E-state index contributed by atoms with van der Waals surface area (Å²) < 4.78 is 16.0. The first kappa shape index (κ1) is 12.6. The van der Waals surface area contributed by atoms with E-state index < -0.39 is 5.82 Å². The van der Waals surface area contributed by atoms with Crippen LogP contribution in [0.4, 0.5) is 10.3 Å². The van der Waals surface area contributed by atoms with Crippen LogP contribution in [-0.4, -0.2) is 9.55 Å². The van der Waals surface area contributed by atoms with Crippen LogP contribution in [-0.2, 0) is 0 Å². The zero-order chi connectivity index (χ0) is 14.3. The number of nitriles is 1. The number of hydrogen-bond acceptors (Lipinski definition) is 3. The van der Waals surface area contributed by atoms with Crippen LogP contribution in [0.15, 0.2) is 40.9 Å². The lowest BCUT2D eigenvalue weighted by molar-refractivity contribution is 0.623. The zero-order valence-corrected chi connectivity index (χ0v) is 11.7. The van der Waals surface area contributed by atoms with Gasteiger partial charge in [0.05, 0.1) is 22.3 Å². The SMILES string of the molecule is N#Cc1cc(-n2c(N)nc3ccc(Br)cc32)ccc1F. The first-order valence-electron chi connectivity index (χ1n) is 5.73. The van der Waals surface area contributed by atoms with Gasteiger partial charge in [0.1, 0.15) is 11.9 Å². The van der Waals surface area contributed by atoms with E-state index in [1.165, 1.54) is 12.1 Å². The van der Waals surface area contributed by atoms with E-state index in [0.29, 0.717) is 5.69 Å². The summed E-state index contributed by atoms with van der Waals surface area (Å²) in [6.45, 7) is 0. The van der Waals surface area contributed by atoms with Gasteiger partial charge in [-0.05, 0) is 36.4 Å². The molecule has 0 saturated carbocycles. The van der Waals surface area contributed by atoms with Crippen LogP contribution in [0.1, 0.15) is 5.56 Å². The molecule has 0 aliphatic heterocycles. The number of aromatic nitrogens is 2. The predicted molar refractivity (Wildman–Crippen MR) is 77.9 cm³/mol. The Labute approximate surface area is 122 Å². The average molecular weight is 331 g/mol. The number of hydrogen-bond donors (Lipinski definition) is 1. The van der Waals surface area contributed by atoms with Crippen LogP contribution >= 0.6 is 15.9 Å². The number of imidazole rings is 1. The molecule has 0 unspecified atom stereocenters. The van der Waals surface area contributed by atoms with Gasteiger partial charge in [0.15, 0.2) is 0 Å². The van der Waals surface area contributed by atoms with Gasteiger partial charge in [-0.2, -0.15) is 5.26 Å². The number of rotatable bonds is 1. The number of nitrogens with two attached hydrogens (primary N) is 1. The van der Waals surface area contributed by atoms with Gasteiger partial charge in [-0.1, -0.05) is 15.9 Å². The lowest BCUT2D eigenvalue weighted by Crippen LogP contribution is -2.01. The first-order chi connectivity index (χ1) is 9.60. The summed E-state index contributed by atoms with van der Waals surface area (Å²) in [7, 11) is 0. The molecule has 98 valence electrons. The second kappa shape index (κ2) is 4.62. The topological polar surface area (TPSA) is 67.6 Å². The molecule has 0 aliphatic carbocycles. The Balaban J connectivity index is 2.32. The van der Waals surface area contributed by atoms with E-state index in [0.717, 1.165) is 15.5 Å². The van der Waals surface area contributed by atoms with E-state index >= 15 is 0 Å². The molecule has 4 nitrogen and oxygen atoms in total. The molecule has 0 atom stereocenters. The quantitative estimate of drug-likeness (QED) is 0.743. The van der Waals surface area contributed by atoms with Crippen molar-refractivity contribution in [3.05, 3.63) is 52.3 Å². The number of halogens is 2. The van der Waals surface area contributed by atoms with Gasteiger partial charge < -0.3 is 5.73 Å². The third-order valence-electron chi connectivity index (χ3n) is 2.97. The fraction of sp³-hybridized carbons (Fsp3) is 0. The molecule has 0 amide bonds. The summed E-state index contributed by atoms with van der Waals surface area (Å²) in [4.78, 5) is 4.25. The van der Waals surface area contributed by atoms with Crippen molar-refractivity contribution in [2.24, 2.45) is 0 Å². The molecule has 0 saturated heterocycles. The summed E-state index contributed by atoms with van der Waals surface area (Å²) in [5.41, 5.74) is 8.01. The highest BCUT2D eigenvalue weighted by Crippen LogP contribution is 2.26. The van der Waals surface area contributed by atoms with Crippen LogP contribution in [0.3, 0.4) is 0 Å². The Morgan fingerprint density at radius 3 is 2.80 bits per heavy atom. The Bertz CT molecular complexity index is 863. The number of nitrogens with zero attached hydrogens (tertiary/aromatic N) is 3. The number of anilines is 1. The van der Waals surface area contributed by atoms with E-state index in [4.69, 9.17) is 11.0 Å². The lowest BCUT2D eigenvalue weighted by atomic mass is 10.2. The van der Waals surface area contributed by atoms with Crippen molar-refractivity contribution in [1.82, 2.24) is 9.55 Å². The minimum atomic E-state index is -0.555. The second-order valence-corrected chi connectivity index (χ2v) is 5.13. The average Bonchev–Trinajstić information content (AvgIpc) is 2.75. The molecule has 0 aliphatic rings. The Morgan fingerprint density at radius 1 is 1.25 bits per heavy atom. The Morgan fingerprint density at radius 2 is 2.05 bits per heavy atom. The molecule has 2 N–H and O–H groups in total. The monoisotopic (exact) mass is 330 g/mol. The minimum Gasteiger partial charge on any atom is -0.369 e. The zero-order valence-electron chi connectivity index (χ0n) is 10.1. The van der Waals surface area contributed by atoms with Crippen LogP contribution in [0.25, 0.3) is 16.7 Å². The van der Waals surface area contributed by atoms with Crippen molar-refractivity contribution in [1.29, 1.82) is 5.26 Å². The molecule has 2 aromatic carbocycles.